The highest BCUT2D eigenvalue weighted by Gasteiger charge is 2.21. The van der Waals surface area contributed by atoms with Gasteiger partial charge in [-0.1, -0.05) is 0 Å². The van der Waals surface area contributed by atoms with Crippen molar-refractivity contribution in [2.24, 2.45) is 0 Å². The molecule has 0 spiro atoms. The van der Waals surface area contributed by atoms with E-state index in [0.717, 1.165) is 5.01 Å². The molecule has 0 amide bonds. The van der Waals surface area contributed by atoms with Gasteiger partial charge in [0, 0.05) is 17.6 Å². The van der Waals surface area contributed by atoms with Crippen LogP contribution in [0.3, 0.4) is 0 Å². The lowest BCUT2D eigenvalue weighted by molar-refractivity contribution is 0.465. The number of thiazole rings is 1. The molecule has 0 fully saturated rings. The van der Waals surface area contributed by atoms with Crippen molar-refractivity contribution in [1.29, 1.82) is 0 Å². The molecule has 0 aliphatic heterocycles. The van der Waals surface area contributed by atoms with Crippen molar-refractivity contribution in [2.45, 2.75) is 24.9 Å². The van der Waals surface area contributed by atoms with Gasteiger partial charge in [-0.05, 0) is 14.0 Å². The molecular weight excluding hydrogens is 286 g/mol. The minimum atomic E-state index is -3.57. The summed E-state index contributed by atoms with van der Waals surface area (Å²) in [7, 11) is -1.80. The minimum Gasteiger partial charge on any atom is -0.464 e. The lowest BCUT2D eigenvalue weighted by Crippen LogP contribution is -2.23. The van der Waals surface area contributed by atoms with E-state index in [9.17, 15) is 8.42 Å². The van der Waals surface area contributed by atoms with E-state index in [1.54, 1.807) is 25.5 Å². The molecule has 2 aromatic heterocycles. The van der Waals surface area contributed by atoms with E-state index in [4.69, 9.17) is 4.42 Å². The third kappa shape index (κ3) is 3.41. The van der Waals surface area contributed by atoms with E-state index in [1.807, 2.05) is 0 Å². The van der Waals surface area contributed by atoms with Crippen LogP contribution in [-0.2, 0) is 23.1 Å². The molecule has 0 aromatic carbocycles. The summed E-state index contributed by atoms with van der Waals surface area (Å²) < 4.78 is 32.2. The largest absolute Gasteiger partial charge is 0.464 e. The topological polar surface area (TPSA) is 84.2 Å². The maximum Gasteiger partial charge on any atom is 0.244 e. The maximum atomic E-state index is 12.2. The Labute approximate surface area is 115 Å². The predicted octanol–water partition coefficient (Wildman–Crippen LogP) is 1.24. The second-order valence-electron chi connectivity index (χ2n) is 3.91. The first-order chi connectivity index (χ1) is 9.03. The molecular formula is C11H15N3O3S2. The van der Waals surface area contributed by atoms with Gasteiger partial charge in [0.1, 0.15) is 21.4 Å². The van der Waals surface area contributed by atoms with Gasteiger partial charge in [0.25, 0.3) is 0 Å². The van der Waals surface area contributed by atoms with Crippen molar-refractivity contribution in [3.8, 4) is 0 Å². The molecule has 19 heavy (non-hydrogen) atoms. The first-order valence-corrected chi connectivity index (χ1v) is 8.01. The van der Waals surface area contributed by atoms with Crippen LogP contribution in [0, 0.1) is 6.92 Å². The second-order valence-corrected chi connectivity index (χ2v) is 6.63. The number of nitrogens with one attached hydrogen (secondary N) is 2. The van der Waals surface area contributed by atoms with Gasteiger partial charge in [0.2, 0.25) is 10.0 Å². The van der Waals surface area contributed by atoms with Gasteiger partial charge in [0.15, 0.2) is 0 Å². The molecule has 2 N–H and O–H groups in total. The molecule has 8 heteroatoms. The van der Waals surface area contributed by atoms with Gasteiger partial charge in [-0.15, -0.1) is 11.3 Å². The average Bonchev–Trinajstić information content (AvgIpc) is 2.97. The fourth-order valence-electron chi connectivity index (χ4n) is 1.63. The Morgan fingerprint density at radius 2 is 2.21 bits per heavy atom. The lowest BCUT2D eigenvalue weighted by Gasteiger charge is -2.03. The number of sulfonamides is 1. The van der Waals surface area contributed by atoms with Gasteiger partial charge in [0.05, 0.1) is 13.1 Å². The van der Waals surface area contributed by atoms with Crippen molar-refractivity contribution in [2.75, 3.05) is 7.05 Å². The van der Waals surface area contributed by atoms with Crippen LogP contribution in [0.5, 0.6) is 0 Å². The van der Waals surface area contributed by atoms with Gasteiger partial charge in [-0.2, -0.15) is 0 Å². The Morgan fingerprint density at radius 3 is 2.84 bits per heavy atom. The average molecular weight is 301 g/mol. The van der Waals surface area contributed by atoms with Crippen LogP contribution in [0.1, 0.15) is 16.5 Å². The summed E-state index contributed by atoms with van der Waals surface area (Å²) in [4.78, 5) is 4.20. The van der Waals surface area contributed by atoms with E-state index >= 15 is 0 Å². The Morgan fingerprint density at radius 1 is 1.42 bits per heavy atom. The number of nitrogens with zero attached hydrogens (tertiary/aromatic N) is 1. The fourth-order valence-corrected chi connectivity index (χ4v) is 3.46. The van der Waals surface area contributed by atoms with Crippen molar-refractivity contribution < 1.29 is 12.8 Å². The third-order valence-electron chi connectivity index (χ3n) is 2.46. The van der Waals surface area contributed by atoms with E-state index in [0.29, 0.717) is 18.1 Å². The van der Waals surface area contributed by atoms with Crippen LogP contribution in [-0.4, -0.2) is 20.4 Å². The summed E-state index contributed by atoms with van der Waals surface area (Å²) in [5.41, 5.74) is 0. The Hall–Kier alpha value is -1.22. The zero-order valence-corrected chi connectivity index (χ0v) is 12.3. The molecule has 0 radical (unpaired) electrons. The smallest absolute Gasteiger partial charge is 0.244 e. The Bertz CT molecular complexity index is 632. The molecule has 0 saturated carbocycles. The Balaban J connectivity index is 2.14. The number of aromatic nitrogens is 1. The summed E-state index contributed by atoms with van der Waals surface area (Å²) in [6.07, 6.45) is 1.64. The molecule has 2 rings (SSSR count). The first-order valence-electron chi connectivity index (χ1n) is 5.65. The number of hydrogen-bond acceptors (Lipinski definition) is 6. The highest BCUT2D eigenvalue weighted by atomic mass is 32.2. The van der Waals surface area contributed by atoms with Crippen molar-refractivity contribution in [3.05, 3.63) is 34.2 Å². The fraction of sp³-hybridized carbons (Fsp3) is 0.364. The van der Waals surface area contributed by atoms with E-state index in [1.165, 1.54) is 17.4 Å². The molecule has 2 heterocycles. The second kappa shape index (κ2) is 5.83. The van der Waals surface area contributed by atoms with Crippen LogP contribution >= 0.6 is 11.3 Å². The molecule has 0 saturated heterocycles. The van der Waals surface area contributed by atoms with Crippen LogP contribution in [0.15, 0.2) is 27.0 Å². The van der Waals surface area contributed by atoms with Gasteiger partial charge in [-0.25, -0.2) is 18.1 Å². The molecule has 0 unspecified atom stereocenters. The van der Waals surface area contributed by atoms with E-state index < -0.39 is 10.0 Å². The highest BCUT2D eigenvalue weighted by molar-refractivity contribution is 7.89. The number of aryl methyl sites for hydroxylation is 1. The predicted molar refractivity (Wildman–Crippen MR) is 72.3 cm³/mol. The zero-order valence-electron chi connectivity index (χ0n) is 10.6. The maximum absolute atomic E-state index is 12.2. The molecule has 2 aromatic rings. The van der Waals surface area contributed by atoms with E-state index in [2.05, 4.69) is 15.0 Å². The highest BCUT2D eigenvalue weighted by Crippen LogP contribution is 2.20. The number of hydrogen-bond donors (Lipinski definition) is 2. The molecule has 0 atom stereocenters. The molecule has 0 aliphatic rings. The number of furan rings is 1. The zero-order chi connectivity index (χ0) is 13.9. The van der Waals surface area contributed by atoms with Crippen LogP contribution in [0.4, 0.5) is 0 Å². The third-order valence-corrected chi connectivity index (χ3v) is 4.75. The molecule has 0 aliphatic carbocycles. The lowest BCUT2D eigenvalue weighted by atomic mass is 10.4. The van der Waals surface area contributed by atoms with Crippen molar-refractivity contribution in [3.63, 3.8) is 0 Å². The van der Waals surface area contributed by atoms with Crippen LogP contribution < -0.4 is 10.0 Å². The van der Waals surface area contributed by atoms with Gasteiger partial charge >= 0.3 is 0 Å². The number of rotatable bonds is 6. The molecule has 104 valence electrons. The normalized spacial score (nSPS) is 11.9. The summed E-state index contributed by atoms with van der Waals surface area (Å²) in [5, 5.41) is 5.44. The van der Waals surface area contributed by atoms with Gasteiger partial charge in [-0.3, -0.25) is 0 Å². The molecule has 6 nitrogen and oxygen atoms in total. The van der Waals surface area contributed by atoms with E-state index in [-0.39, 0.29) is 11.4 Å². The summed E-state index contributed by atoms with van der Waals surface area (Å²) >= 11 is 1.40. The van der Waals surface area contributed by atoms with Crippen LogP contribution in [0.2, 0.25) is 0 Å². The standard InChI is InChI=1S/C11H15N3O3S2/c1-8-10(5-9(17-8)6-12-2)19(15,16)14-7-11-13-3-4-18-11/h3-5,12,14H,6-7H2,1-2H3. The van der Waals surface area contributed by atoms with Crippen molar-refractivity contribution in [1.82, 2.24) is 15.0 Å². The quantitative estimate of drug-likeness (QED) is 0.838. The Kier molecular flexibility index (Phi) is 4.35. The van der Waals surface area contributed by atoms with Gasteiger partial charge < -0.3 is 9.73 Å². The summed E-state index contributed by atoms with van der Waals surface area (Å²) in [6, 6.07) is 1.54. The summed E-state index contributed by atoms with van der Waals surface area (Å²) in [5.74, 6) is 0.978. The first kappa shape index (κ1) is 14.2. The SMILES string of the molecule is CNCc1cc(S(=O)(=O)NCc2nccs2)c(C)o1. The molecule has 0 bridgehead atoms. The monoisotopic (exact) mass is 301 g/mol. The van der Waals surface area contributed by atoms with Crippen LogP contribution in [0.25, 0.3) is 0 Å². The van der Waals surface area contributed by atoms with Crippen molar-refractivity contribution >= 4 is 21.4 Å². The summed E-state index contributed by atoms with van der Waals surface area (Å²) in [6.45, 7) is 2.31. The minimum absolute atomic E-state index is 0.175.